The van der Waals surface area contributed by atoms with Crippen LogP contribution in [0.2, 0.25) is 0 Å². The van der Waals surface area contributed by atoms with Crippen LogP contribution >= 0.6 is 0 Å². The summed E-state index contributed by atoms with van der Waals surface area (Å²) in [5, 5.41) is 2.94. The summed E-state index contributed by atoms with van der Waals surface area (Å²) in [6, 6.07) is 3.86. The Morgan fingerprint density at radius 3 is 2.53 bits per heavy atom. The Kier molecular flexibility index (Phi) is 4.79. The molecule has 1 aromatic rings. The number of nitrogens with one attached hydrogen (secondary N) is 1. The van der Waals surface area contributed by atoms with Crippen LogP contribution in [0.5, 0.6) is 0 Å². The van der Waals surface area contributed by atoms with Crippen molar-refractivity contribution >= 4 is 0 Å². The average molecular weight is 209 g/mol. The Balaban J connectivity index is 2.41. The second-order valence-electron chi connectivity index (χ2n) is 3.18. The Morgan fingerprint density at radius 2 is 1.93 bits per heavy atom. The van der Waals surface area contributed by atoms with Gasteiger partial charge in [-0.15, -0.1) is 12.3 Å². The zero-order valence-electron chi connectivity index (χ0n) is 8.39. The summed E-state index contributed by atoms with van der Waals surface area (Å²) < 4.78 is 26.2. The molecule has 0 saturated heterocycles. The monoisotopic (exact) mass is 209 g/mol. The smallest absolute Gasteiger partial charge is 0.130 e. The lowest BCUT2D eigenvalue weighted by Crippen LogP contribution is -2.16. The minimum absolute atomic E-state index is 0.0817. The molecule has 1 nitrogen and oxygen atoms in total. The van der Waals surface area contributed by atoms with Gasteiger partial charge in [0.2, 0.25) is 0 Å². The van der Waals surface area contributed by atoms with Crippen LogP contribution in [0.15, 0.2) is 18.2 Å². The van der Waals surface area contributed by atoms with E-state index in [-0.39, 0.29) is 12.1 Å². The molecule has 0 aromatic heterocycles. The van der Waals surface area contributed by atoms with E-state index in [9.17, 15) is 8.78 Å². The summed E-state index contributed by atoms with van der Waals surface area (Å²) in [6.07, 6.45) is 6.56. The molecule has 1 N–H and O–H groups in total. The largest absolute Gasteiger partial charge is 0.312 e. The summed E-state index contributed by atoms with van der Waals surface area (Å²) in [4.78, 5) is 0. The number of benzene rings is 1. The molecule has 80 valence electrons. The van der Waals surface area contributed by atoms with Crippen LogP contribution in [0.4, 0.5) is 8.78 Å². The molecule has 0 fully saturated rings. The van der Waals surface area contributed by atoms with Gasteiger partial charge in [-0.2, -0.15) is 0 Å². The summed E-state index contributed by atoms with van der Waals surface area (Å²) in [6.45, 7) is 0.862. The van der Waals surface area contributed by atoms with Crippen molar-refractivity contribution in [3.63, 3.8) is 0 Å². The molecule has 0 aliphatic carbocycles. The van der Waals surface area contributed by atoms with Crippen LogP contribution in [0.3, 0.4) is 0 Å². The van der Waals surface area contributed by atoms with Gasteiger partial charge in [0, 0.05) is 18.5 Å². The lowest BCUT2D eigenvalue weighted by molar-refractivity contribution is 0.533. The Morgan fingerprint density at radius 1 is 1.27 bits per heavy atom. The maximum Gasteiger partial charge on any atom is 0.130 e. The predicted molar refractivity (Wildman–Crippen MR) is 56.1 cm³/mol. The third-order valence-electron chi connectivity index (χ3n) is 2.04. The van der Waals surface area contributed by atoms with Crippen molar-refractivity contribution in [1.29, 1.82) is 0 Å². The van der Waals surface area contributed by atoms with E-state index in [0.29, 0.717) is 13.0 Å². The highest BCUT2D eigenvalue weighted by atomic mass is 19.1. The van der Waals surface area contributed by atoms with E-state index < -0.39 is 11.6 Å². The maximum atomic E-state index is 13.1. The van der Waals surface area contributed by atoms with Gasteiger partial charge in [-0.3, -0.25) is 0 Å². The molecule has 0 heterocycles. The molecule has 0 amide bonds. The van der Waals surface area contributed by atoms with Crippen molar-refractivity contribution in [1.82, 2.24) is 5.32 Å². The van der Waals surface area contributed by atoms with Crippen LogP contribution in [0.1, 0.15) is 18.4 Å². The van der Waals surface area contributed by atoms with Gasteiger partial charge in [-0.25, -0.2) is 8.78 Å². The summed E-state index contributed by atoms with van der Waals surface area (Å²) in [5.41, 5.74) is 0.0817. The van der Waals surface area contributed by atoms with E-state index in [4.69, 9.17) is 6.42 Å². The van der Waals surface area contributed by atoms with Crippen LogP contribution < -0.4 is 5.32 Å². The van der Waals surface area contributed by atoms with E-state index in [0.717, 1.165) is 6.42 Å². The number of hydrogen-bond acceptors (Lipinski definition) is 1. The minimum Gasteiger partial charge on any atom is -0.312 e. The topological polar surface area (TPSA) is 12.0 Å². The lowest BCUT2D eigenvalue weighted by atomic mass is 10.2. The Bertz CT molecular complexity index is 335. The summed E-state index contributed by atoms with van der Waals surface area (Å²) in [5.74, 6) is 1.47. The second-order valence-corrected chi connectivity index (χ2v) is 3.18. The van der Waals surface area contributed by atoms with Crippen molar-refractivity contribution < 1.29 is 8.78 Å². The van der Waals surface area contributed by atoms with E-state index in [2.05, 4.69) is 11.2 Å². The van der Waals surface area contributed by atoms with Crippen LogP contribution in [0.25, 0.3) is 0 Å². The predicted octanol–water partition coefficient (Wildman–Crippen LogP) is 2.47. The van der Waals surface area contributed by atoms with Crippen molar-refractivity contribution in [3.05, 3.63) is 35.4 Å². The molecule has 15 heavy (non-hydrogen) atoms. The standard InChI is InChI=1S/C12H13F2N/c1-2-3-4-8-15-9-10-11(13)6-5-7-12(10)14/h1,5-7,15H,3-4,8-9H2. The first kappa shape index (κ1) is 11.7. The highest BCUT2D eigenvalue weighted by molar-refractivity contribution is 5.19. The molecule has 0 spiro atoms. The number of terminal acetylenes is 1. The molecular weight excluding hydrogens is 196 g/mol. The molecular formula is C12H13F2N. The lowest BCUT2D eigenvalue weighted by Gasteiger charge is -2.05. The van der Waals surface area contributed by atoms with Gasteiger partial charge < -0.3 is 5.32 Å². The van der Waals surface area contributed by atoms with Gasteiger partial charge in [0.1, 0.15) is 11.6 Å². The second kappa shape index (κ2) is 6.15. The van der Waals surface area contributed by atoms with Gasteiger partial charge in [-0.1, -0.05) is 6.07 Å². The summed E-state index contributed by atoms with van der Waals surface area (Å²) in [7, 11) is 0. The van der Waals surface area contributed by atoms with Gasteiger partial charge in [-0.05, 0) is 25.1 Å². The fourth-order valence-corrected chi connectivity index (χ4v) is 1.23. The van der Waals surface area contributed by atoms with Crippen molar-refractivity contribution in [2.45, 2.75) is 19.4 Å². The Hall–Kier alpha value is -1.40. The first-order valence-corrected chi connectivity index (χ1v) is 4.82. The van der Waals surface area contributed by atoms with Crippen LogP contribution in [-0.2, 0) is 6.54 Å². The number of unbranched alkanes of at least 4 members (excludes halogenated alkanes) is 1. The van der Waals surface area contributed by atoms with Gasteiger partial charge in [0.05, 0.1) is 0 Å². The first-order valence-electron chi connectivity index (χ1n) is 4.82. The van der Waals surface area contributed by atoms with Crippen LogP contribution in [0, 0.1) is 24.0 Å². The quantitative estimate of drug-likeness (QED) is 0.580. The van der Waals surface area contributed by atoms with Gasteiger partial charge >= 0.3 is 0 Å². The van der Waals surface area contributed by atoms with Gasteiger partial charge in [0.15, 0.2) is 0 Å². The molecule has 0 aliphatic rings. The molecule has 0 unspecified atom stereocenters. The average Bonchev–Trinajstić information content (AvgIpc) is 2.21. The van der Waals surface area contributed by atoms with Crippen molar-refractivity contribution in [2.24, 2.45) is 0 Å². The highest BCUT2D eigenvalue weighted by Crippen LogP contribution is 2.11. The molecule has 0 radical (unpaired) electrons. The minimum atomic E-state index is -0.514. The van der Waals surface area contributed by atoms with E-state index >= 15 is 0 Å². The van der Waals surface area contributed by atoms with E-state index in [1.165, 1.54) is 18.2 Å². The molecule has 0 bridgehead atoms. The SMILES string of the molecule is C#CCCCNCc1c(F)cccc1F. The molecule has 3 heteroatoms. The molecule has 1 rings (SSSR count). The highest BCUT2D eigenvalue weighted by Gasteiger charge is 2.06. The third-order valence-corrected chi connectivity index (χ3v) is 2.04. The molecule has 0 atom stereocenters. The number of halogens is 2. The fourth-order valence-electron chi connectivity index (χ4n) is 1.23. The van der Waals surface area contributed by atoms with Crippen molar-refractivity contribution in [2.75, 3.05) is 6.54 Å². The molecule has 0 saturated carbocycles. The Labute approximate surface area is 88.5 Å². The van der Waals surface area contributed by atoms with Gasteiger partial charge in [0.25, 0.3) is 0 Å². The van der Waals surface area contributed by atoms with E-state index in [1.807, 2.05) is 0 Å². The number of hydrogen-bond donors (Lipinski definition) is 1. The normalized spacial score (nSPS) is 9.93. The first-order chi connectivity index (χ1) is 7.25. The maximum absolute atomic E-state index is 13.1. The molecule has 1 aromatic carbocycles. The number of rotatable bonds is 5. The third kappa shape index (κ3) is 3.69. The van der Waals surface area contributed by atoms with Crippen molar-refractivity contribution in [3.8, 4) is 12.3 Å². The van der Waals surface area contributed by atoms with Crippen LogP contribution in [-0.4, -0.2) is 6.54 Å². The zero-order valence-corrected chi connectivity index (χ0v) is 8.39. The summed E-state index contributed by atoms with van der Waals surface area (Å²) >= 11 is 0. The molecule has 0 aliphatic heterocycles. The fraction of sp³-hybridized carbons (Fsp3) is 0.333. The van der Waals surface area contributed by atoms with E-state index in [1.54, 1.807) is 0 Å². The zero-order chi connectivity index (χ0) is 11.1.